The number of hydrogen-bond acceptors (Lipinski definition) is 0. The van der Waals surface area contributed by atoms with Gasteiger partial charge in [0.15, 0.2) is 0 Å². The maximum atomic E-state index is 5.16. The molecule has 0 heteroatoms. The van der Waals surface area contributed by atoms with Crippen molar-refractivity contribution in [3.63, 3.8) is 0 Å². The minimum atomic E-state index is 1.19. The van der Waals surface area contributed by atoms with Crippen molar-refractivity contribution in [2.24, 2.45) is 0 Å². The molecule has 0 aliphatic rings. The van der Waals surface area contributed by atoms with Crippen molar-refractivity contribution in [1.82, 2.24) is 0 Å². The van der Waals surface area contributed by atoms with Gasteiger partial charge in [-0.2, -0.15) is 0 Å². The van der Waals surface area contributed by atoms with Crippen LogP contribution in [0.2, 0.25) is 0 Å². The predicted molar refractivity (Wildman–Crippen MR) is 53.5 cm³/mol. The van der Waals surface area contributed by atoms with E-state index in [4.69, 9.17) is 6.58 Å². The number of allylic oxidation sites excluding steroid dienone is 4. The van der Waals surface area contributed by atoms with E-state index >= 15 is 0 Å². The molecule has 0 amide bonds. The second-order valence-corrected chi connectivity index (χ2v) is 2.35. The molecule has 0 spiro atoms. The Morgan fingerprint density at radius 3 is 2.33 bits per heavy atom. The Bertz CT molecular complexity index is 278. The molecule has 0 bridgehead atoms. The molecular weight excluding hydrogens is 144 g/mol. The van der Waals surface area contributed by atoms with E-state index in [1.807, 2.05) is 36.4 Å². The normalized spacial score (nSPS) is 11.0. The summed E-state index contributed by atoms with van der Waals surface area (Å²) in [5.74, 6) is 0. The third-order valence-electron chi connectivity index (χ3n) is 1.42. The fourth-order valence-electron chi connectivity index (χ4n) is 0.859. The lowest BCUT2D eigenvalue weighted by Gasteiger charge is -1.87. The van der Waals surface area contributed by atoms with Crippen molar-refractivity contribution in [1.29, 1.82) is 0 Å². The predicted octanol–water partition coefficient (Wildman–Crippen LogP) is 3.25. The van der Waals surface area contributed by atoms with Crippen LogP contribution in [0.15, 0.2) is 54.6 Å². The van der Waals surface area contributed by atoms with Crippen LogP contribution < -0.4 is 0 Å². The first kappa shape index (κ1) is 8.54. The molecule has 0 aliphatic carbocycles. The summed E-state index contributed by atoms with van der Waals surface area (Å²) >= 11 is 0. The van der Waals surface area contributed by atoms with Crippen LogP contribution in [-0.4, -0.2) is 0 Å². The number of rotatable bonds is 3. The Kier molecular flexibility index (Phi) is 3.65. The highest BCUT2D eigenvalue weighted by Gasteiger charge is 1.78. The molecule has 1 rings (SSSR count). The van der Waals surface area contributed by atoms with Crippen molar-refractivity contribution >= 4 is 6.08 Å². The molecule has 0 heterocycles. The van der Waals surface area contributed by atoms with E-state index in [2.05, 4.69) is 12.1 Å². The highest BCUT2D eigenvalue weighted by Crippen LogP contribution is 2.00. The number of hydrogen-bond donors (Lipinski definition) is 0. The Morgan fingerprint density at radius 1 is 0.917 bits per heavy atom. The maximum Gasteiger partial charge on any atom is -0.0257 e. The van der Waals surface area contributed by atoms with E-state index in [0.29, 0.717) is 0 Å². The standard InChI is InChI=1S/C12H11/c1-2-3-4-6-9-12-10-7-5-8-11-12/h1-11H/b2-1?,4-3+,9-6+. The van der Waals surface area contributed by atoms with Gasteiger partial charge < -0.3 is 0 Å². The van der Waals surface area contributed by atoms with Gasteiger partial charge in [-0.05, 0) is 5.56 Å². The zero-order valence-electron chi connectivity index (χ0n) is 6.85. The molecule has 0 saturated heterocycles. The van der Waals surface area contributed by atoms with Crippen LogP contribution in [-0.2, 0) is 0 Å². The Labute approximate surface area is 73.6 Å². The lowest BCUT2D eigenvalue weighted by Crippen LogP contribution is -1.66. The molecule has 0 N–H and O–H groups in total. The first-order valence-electron chi connectivity index (χ1n) is 3.87. The Balaban J connectivity index is 2.58. The van der Waals surface area contributed by atoms with Crippen LogP contribution in [0.25, 0.3) is 6.08 Å². The molecule has 1 aromatic carbocycles. The van der Waals surface area contributed by atoms with Crippen molar-refractivity contribution in [2.45, 2.75) is 0 Å². The molecule has 0 fully saturated rings. The van der Waals surface area contributed by atoms with Crippen molar-refractivity contribution in [2.75, 3.05) is 0 Å². The van der Waals surface area contributed by atoms with Gasteiger partial charge in [0.25, 0.3) is 0 Å². The summed E-state index contributed by atoms with van der Waals surface area (Å²) in [7, 11) is 0. The van der Waals surface area contributed by atoms with E-state index in [9.17, 15) is 0 Å². The fraction of sp³-hybridized carbons (Fsp3) is 0. The summed E-state index contributed by atoms with van der Waals surface area (Å²) in [6.07, 6.45) is 9.18. The lowest BCUT2D eigenvalue weighted by molar-refractivity contribution is 1.66. The van der Waals surface area contributed by atoms with Gasteiger partial charge in [0, 0.05) is 0 Å². The largest absolute Gasteiger partial charge is 0.0623 e. The number of benzene rings is 1. The summed E-state index contributed by atoms with van der Waals surface area (Å²) in [6.45, 7) is 5.16. The van der Waals surface area contributed by atoms with Gasteiger partial charge in [-0.25, -0.2) is 0 Å². The maximum absolute atomic E-state index is 5.16. The molecule has 0 atom stereocenters. The fourth-order valence-corrected chi connectivity index (χ4v) is 0.859. The summed E-state index contributed by atoms with van der Waals surface area (Å²) in [5.41, 5.74) is 1.19. The topological polar surface area (TPSA) is 0 Å². The van der Waals surface area contributed by atoms with E-state index < -0.39 is 0 Å². The van der Waals surface area contributed by atoms with Gasteiger partial charge in [0.1, 0.15) is 0 Å². The first-order valence-corrected chi connectivity index (χ1v) is 3.87. The molecule has 0 nitrogen and oxygen atoms in total. The van der Waals surface area contributed by atoms with E-state index in [1.165, 1.54) is 11.6 Å². The molecule has 0 saturated carbocycles. The second-order valence-electron chi connectivity index (χ2n) is 2.35. The van der Waals surface area contributed by atoms with Crippen LogP contribution in [0.1, 0.15) is 5.56 Å². The molecule has 0 aliphatic heterocycles. The molecule has 0 aromatic heterocycles. The smallest absolute Gasteiger partial charge is 0.0257 e. The summed E-state index contributed by atoms with van der Waals surface area (Å²) in [4.78, 5) is 0. The Morgan fingerprint density at radius 2 is 1.67 bits per heavy atom. The van der Waals surface area contributed by atoms with Gasteiger partial charge in [-0.15, -0.1) is 0 Å². The van der Waals surface area contributed by atoms with Crippen LogP contribution in [0.4, 0.5) is 0 Å². The summed E-state index contributed by atoms with van der Waals surface area (Å²) < 4.78 is 0. The molecule has 12 heavy (non-hydrogen) atoms. The van der Waals surface area contributed by atoms with Gasteiger partial charge >= 0.3 is 0 Å². The molecule has 1 aromatic rings. The monoisotopic (exact) mass is 155 g/mol. The van der Waals surface area contributed by atoms with Crippen LogP contribution in [0.3, 0.4) is 0 Å². The first-order chi connectivity index (χ1) is 5.93. The van der Waals surface area contributed by atoms with Crippen molar-refractivity contribution < 1.29 is 0 Å². The molecule has 59 valence electrons. The van der Waals surface area contributed by atoms with E-state index in [-0.39, 0.29) is 0 Å². The quantitative estimate of drug-likeness (QED) is 0.588. The van der Waals surface area contributed by atoms with Gasteiger partial charge in [0.05, 0.1) is 0 Å². The van der Waals surface area contributed by atoms with E-state index in [0.717, 1.165) is 0 Å². The summed E-state index contributed by atoms with van der Waals surface area (Å²) in [6, 6.07) is 10.1. The van der Waals surface area contributed by atoms with E-state index in [1.54, 1.807) is 6.08 Å². The molecular formula is C12H11. The third-order valence-corrected chi connectivity index (χ3v) is 1.42. The lowest BCUT2D eigenvalue weighted by atomic mass is 10.2. The zero-order valence-corrected chi connectivity index (χ0v) is 6.85. The highest BCUT2D eigenvalue weighted by atomic mass is 13.8. The highest BCUT2D eigenvalue weighted by molar-refractivity contribution is 5.50. The molecule has 0 unspecified atom stereocenters. The third kappa shape index (κ3) is 3.02. The van der Waals surface area contributed by atoms with Crippen LogP contribution in [0.5, 0.6) is 0 Å². The molecule has 1 radical (unpaired) electrons. The average molecular weight is 155 g/mol. The van der Waals surface area contributed by atoms with Gasteiger partial charge in [0.2, 0.25) is 0 Å². The average Bonchev–Trinajstić information content (AvgIpc) is 2.14. The zero-order chi connectivity index (χ0) is 8.65. The van der Waals surface area contributed by atoms with Crippen molar-refractivity contribution in [3.05, 3.63) is 66.8 Å². The van der Waals surface area contributed by atoms with Crippen molar-refractivity contribution in [3.8, 4) is 0 Å². The van der Waals surface area contributed by atoms with Gasteiger partial charge in [-0.1, -0.05) is 67.3 Å². The SMILES string of the molecule is [CH]=C/C=C/C=C/c1ccccc1. The second kappa shape index (κ2) is 5.14. The van der Waals surface area contributed by atoms with Crippen LogP contribution >= 0.6 is 0 Å². The minimum absolute atomic E-state index is 1.19. The summed E-state index contributed by atoms with van der Waals surface area (Å²) in [5, 5.41) is 0. The van der Waals surface area contributed by atoms with Gasteiger partial charge in [-0.3, -0.25) is 0 Å². The van der Waals surface area contributed by atoms with Crippen LogP contribution in [0, 0.1) is 6.58 Å². The Hall–Kier alpha value is -1.56. The minimum Gasteiger partial charge on any atom is -0.0623 e.